The number of anilines is 2. The normalized spacial score (nSPS) is 11.2. The third kappa shape index (κ3) is 5.52. The molecule has 35 heavy (non-hydrogen) atoms. The molecular formula is C25H17ClF3N3O3. The van der Waals surface area contributed by atoms with Crippen LogP contribution in [-0.4, -0.2) is 16.8 Å². The summed E-state index contributed by atoms with van der Waals surface area (Å²) in [5, 5.41) is 5.47. The first-order valence-corrected chi connectivity index (χ1v) is 10.6. The number of hydrogen-bond donors (Lipinski definition) is 2. The number of benzene rings is 3. The number of amides is 2. The Morgan fingerprint density at radius 2 is 1.71 bits per heavy atom. The van der Waals surface area contributed by atoms with Crippen LogP contribution in [0.5, 0.6) is 11.5 Å². The molecule has 0 atom stereocenters. The Hall–Kier alpha value is -4.11. The van der Waals surface area contributed by atoms with E-state index in [0.717, 1.165) is 6.07 Å². The molecule has 2 N–H and O–H groups in total. The van der Waals surface area contributed by atoms with E-state index in [-0.39, 0.29) is 11.5 Å². The lowest BCUT2D eigenvalue weighted by Crippen LogP contribution is -2.14. The smallest absolute Gasteiger partial charge is 0.417 e. The number of carbonyl (C=O) groups is 2. The van der Waals surface area contributed by atoms with Crippen LogP contribution in [0.4, 0.5) is 24.5 Å². The topological polar surface area (TPSA) is 80.3 Å². The first kappa shape index (κ1) is 24.0. The van der Waals surface area contributed by atoms with Gasteiger partial charge >= 0.3 is 6.18 Å². The number of fused-ring (bicyclic) bond motifs is 1. The number of aromatic nitrogens is 1. The number of rotatable bonds is 5. The van der Waals surface area contributed by atoms with Crippen LogP contribution in [0.25, 0.3) is 10.9 Å². The molecule has 4 aromatic rings. The molecule has 0 aliphatic rings. The third-order valence-electron chi connectivity index (χ3n) is 4.92. The summed E-state index contributed by atoms with van der Waals surface area (Å²) in [5.41, 5.74) is 0.208. The van der Waals surface area contributed by atoms with Crippen LogP contribution in [0.15, 0.2) is 72.9 Å². The average molecular weight is 500 g/mol. The molecule has 4 rings (SSSR count). The Bertz CT molecular complexity index is 1420. The quantitative estimate of drug-likeness (QED) is 0.312. The lowest BCUT2D eigenvalue weighted by molar-refractivity contribution is -0.137. The molecule has 0 aliphatic carbocycles. The fourth-order valence-electron chi connectivity index (χ4n) is 3.35. The molecule has 0 aliphatic heterocycles. The number of para-hydroxylation sites is 1. The van der Waals surface area contributed by atoms with Crippen molar-refractivity contribution in [3.05, 3.63) is 89.1 Å². The summed E-state index contributed by atoms with van der Waals surface area (Å²) in [7, 11) is 0. The lowest BCUT2D eigenvalue weighted by Gasteiger charge is -2.12. The average Bonchev–Trinajstić information content (AvgIpc) is 2.80. The van der Waals surface area contributed by atoms with E-state index >= 15 is 0 Å². The Morgan fingerprint density at radius 1 is 0.971 bits per heavy atom. The standard InChI is InChI=1S/C25H17ClF3N3O3/c1-14(33)31-21-4-2-3-18-22(11-12-30-23(18)21)35-17-8-6-16(7-9-17)32-24(34)15-5-10-20(26)19(13-15)25(27,28)29/h2-13H,1H3,(H,31,33)(H,32,34). The van der Waals surface area contributed by atoms with E-state index in [4.69, 9.17) is 16.3 Å². The number of alkyl halides is 3. The highest BCUT2D eigenvalue weighted by Crippen LogP contribution is 2.35. The van der Waals surface area contributed by atoms with Crippen LogP contribution in [0.2, 0.25) is 5.02 Å². The van der Waals surface area contributed by atoms with Crippen molar-refractivity contribution in [2.24, 2.45) is 0 Å². The number of pyridine rings is 1. The fourth-order valence-corrected chi connectivity index (χ4v) is 3.58. The molecule has 0 saturated carbocycles. The Labute approximate surface area is 202 Å². The maximum Gasteiger partial charge on any atom is 0.417 e. The zero-order valence-corrected chi connectivity index (χ0v) is 18.9. The van der Waals surface area contributed by atoms with E-state index in [1.807, 2.05) is 0 Å². The van der Waals surface area contributed by atoms with Gasteiger partial charge in [0.2, 0.25) is 5.91 Å². The van der Waals surface area contributed by atoms with Crippen molar-refractivity contribution in [1.82, 2.24) is 4.98 Å². The largest absolute Gasteiger partial charge is 0.457 e. The SMILES string of the molecule is CC(=O)Nc1cccc2c(Oc3ccc(NC(=O)c4ccc(Cl)c(C(F)(F)F)c4)cc3)ccnc12. The second-order valence-corrected chi connectivity index (χ2v) is 7.87. The summed E-state index contributed by atoms with van der Waals surface area (Å²) in [6.07, 6.45) is -3.12. The van der Waals surface area contributed by atoms with Gasteiger partial charge in [-0.2, -0.15) is 13.2 Å². The number of hydrogen-bond acceptors (Lipinski definition) is 4. The summed E-state index contributed by atoms with van der Waals surface area (Å²) >= 11 is 5.61. The van der Waals surface area contributed by atoms with Crippen LogP contribution >= 0.6 is 11.6 Å². The maximum atomic E-state index is 13.1. The predicted molar refractivity (Wildman–Crippen MR) is 127 cm³/mol. The van der Waals surface area contributed by atoms with Crippen molar-refractivity contribution >= 4 is 45.7 Å². The van der Waals surface area contributed by atoms with Gasteiger partial charge < -0.3 is 15.4 Å². The Morgan fingerprint density at radius 3 is 2.40 bits per heavy atom. The number of nitrogens with zero attached hydrogens (tertiary/aromatic N) is 1. The van der Waals surface area contributed by atoms with Gasteiger partial charge in [-0.15, -0.1) is 0 Å². The first-order chi connectivity index (χ1) is 16.6. The van der Waals surface area contributed by atoms with Gasteiger partial charge in [0.15, 0.2) is 0 Å². The van der Waals surface area contributed by atoms with E-state index in [9.17, 15) is 22.8 Å². The Kier molecular flexibility index (Phi) is 6.61. The second kappa shape index (κ2) is 9.63. The highest BCUT2D eigenvalue weighted by molar-refractivity contribution is 6.31. The van der Waals surface area contributed by atoms with Crippen molar-refractivity contribution in [2.45, 2.75) is 13.1 Å². The van der Waals surface area contributed by atoms with Crippen molar-refractivity contribution < 1.29 is 27.5 Å². The van der Waals surface area contributed by atoms with Crippen LogP contribution < -0.4 is 15.4 Å². The van der Waals surface area contributed by atoms with Crippen LogP contribution in [-0.2, 0) is 11.0 Å². The fraction of sp³-hybridized carbons (Fsp3) is 0.0800. The van der Waals surface area contributed by atoms with Gasteiger partial charge in [0, 0.05) is 29.8 Å². The van der Waals surface area contributed by atoms with E-state index in [1.54, 1.807) is 54.7 Å². The maximum absolute atomic E-state index is 13.1. The van der Waals surface area contributed by atoms with Crippen molar-refractivity contribution in [3.63, 3.8) is 0 Å². The van der Waals surface area contributed by atoms with Crippen LogP contribution in [0, 0.1) is 0 Å². The van der Waals surface area contributed by atoms with Crippen LogP contribution in [0.3, 0.4) is 0 Å². The molecule has 0 fully saturated rings. The Balaban J connectivity index is 1.51. The zero-order valence-electron chi connectivity index (χ0n) is 18.1. The second-order valence-electron chi connectivity index (χ2n) is 7.46. The van der Waals surface area contributed by atoms with Gasteiger partial charge in [0.1, 0.15) is 11.5 Å². The van der Waals surface area contributed by atoms with E-state index in [1.165, 1.54) is 13.0 Å². The molecule has 0 unspecified atom stereocenters. The van der Waals surface area contributed by atoms with Gasteiger partial charge in [0.25, 0.3) is 5.91 Å². The monoisotopic (exact) mass is 499 g/mol. The molecule has 10 heteroatoms. The summed E-state index contributed by atoms with van der Waals surface area (Å²) in [4.78, 5) is 28.2. The molecule has 6 nitrogen and oxygen atoms in total. The van der Waals surface area contributed by atoms with Crippen LogP contribution in [0.1, 0.15) is 22.8 Å². The highest BCUT2D eigenvalue weighted by atomic mass is 35.5. The molecular weight excluding hydrogens is 483 g/mol. The minimum absolute atomic E-state index is 0.180. The molecule has 1 heterocycles. The van der Waals surface area contributed by atoms with Crippen molar-refractivity contribution in [3.8, 4) is 11.5 Å². The molecule has 3 aromatic carbocycles. The summed E-state index contributed by atoms with van der Waals surface area (Å²) in [6, 6.07) is 16.2. The molecule has 0 bridgehead atoms. The first-order valence-electron chi connectivity index (χ1n) is 10.2. The number of halogens is 4. The highest BCUT2D eigenvalue weighted by Gasteiger charge is 2.33. The molecule has 178 valence electrons. The van der Waals surface area contributed by atoms with Gasteiger partial charge in [-0.05, 0) is 60.7 Å². The molecule has 0 spiro atoms. The summed E-state index contributed by atoms with van der Waals surface area (Å²) in [6.45, 7) is 1.40. The minimum Gasteiger partial charge on any atom is -0.457 e. The van der Waals surface area contributed by atoms with Gasteiger partial charge in [-0.25, -0.2) is 0 Å². The number of carbonyl (C=O) groups excluding carboxylic acids is 2. The molecule has 0 radical (unpaired) electrons. The van der Waals surface area contributed by atoms with Gasteiger partial charge in [-0.3, -0.25) is 14.6 Å². The molecule has 2 amide bonds. The molecule has 0 saturated heterocycles. The van der Waals surface area contributed by atoms with Crippen molar-refractivity contribution in [1.29, 1.82) is 0 Å². The van der Waals surface area contributed by atoms with Crippen molar-refractivity contribution in [2.75, 3.05) is 10.6 Å². The van der Waals surface area contributed by atoms with E-state index in [2.05, 4.69) is 15.6 Å². The minimum atomic E-state index is -4.67. The van der Waals surface area contributed by atoms with Gasteiger partial charge in [0.05, 0.1) is 21.8 Å². The summed E-state index contributed by atoms with van der Waals surface area (Å²) in [5.74, 6) is 0.00839. The summed E-state index contributed by atoms with van der Waals surface area (Å²) < 4.78 is 45.2. The molecule has 1 aromatic heterocycles. The lowest BCUT2D eigenvalue weighted by atomic mass is 10.1. The predicted octanol–water partition coefficient (Wildman–Crippen LogP) is 6.91. The number of nitrogens with one attached hydrogen (secondary N) is 2. The third-order valence-corrected chi connectivity index (χ3v) is 5.25. The van der Waals surface area contributed by atoms with E-state index in [0.29, 0.717) is 39.8 Å². The number of ether oxygens (including phenoxy) is 1. The zero-order chi connectivity index (χ0) is 25.2. The van der Waals surface area contributed by atoms with E-state index < -0.39 is 22.7 Å². The van der Waals surface area contributed by atoms with Gasteiger partial charge in [-0.1, -0.05) is 17.7 Å².